The van der Waals surface area contributed by atoms with Crippen LogP contribution < -0.4 is 4.74 Å². The van der Waals surface area contributed by atoms with Crippen molar-refractivity contribution in [2.75, 3.05) is 7.11 Å². The van der Waals surface area contributed by atoms with E-state index in [4.69, 9.17) is 9.47 Å². The van der Waals surface area contributed by atoms with Gasteiger partial charge in [-0.3, -0.25) is 0 Å². The first-order valence-corrected chi connectivity index (χ1v) is 7.71. The van der Waals surface area contributed by atoms with Crippen LogP contribution in [0.25, 0.3) is 0 Å². The first-order valence-electron chi connectivity index (χ1n) is 7.71. The smallest absolute Gasteiger partial charge is 0.252 e. The van der Waals surface area contributed by atoms with Gasteiger partial charge in [-0.05, 0) is 37.7 Å². The highest BCUT2D eigenvalue weighted by molar-refractivity contribution is 5.46. The first kappa shape index (κ1) is 15.7. The summed E-state index contributed by atoms with van der Waals surface area (Å²) in [5.41, 5.74) is 2.40. The Bertz CT molecular complexity index is 525. The number of nitriles is 1. The number of rotatable bonds is 5. The number of hydrogen-bond donors (Lipinski definition) is 0. The molecule has 5 nitrogen and oxygen atoms in total. The second-order valence-corrected chi connectivity index (χ2v) is 5.39. The molecule has 2 rings (SSSR count). The Hall–Kier alpha value is -1.67. The predicted molar refractivity (Wildman–Crippen MR) is 79.2 cm³/mol. The minimum Gasteiger partial charge on any atom is -0.472 e. The standard InChI is InChI=1S/C16H23N3O2/c1-4-13-14(10-17)16(19-18-15(13)5-2)21-12-8-6-7-11(9-12)20-3/h11-12H,4-9H2,1-3H3. The molecule has 1 fully saturated rings. The van der Waals surface area contributed by atoms with E-state index in [1.807, 2.05) is 13.8 Å². The van der Waals surface area contributed by atoms with Crippen LogP contribution in [0.2, 0.25) is 0 Å². The van der Waals surface area contributed by atoms with Crippen molar-refractivity contribution in [3.8, 4) is 11.9 Å². The summed E-state index contributed by atoms with van der Waals surface area (Å²) in [6.45, 7) is 4.05. The Morgan fingerprint density at radius 1 is 1.19 bits per heavy atom. The van der Waals surface area contributed by atoms with Gasteiger partial charge >= 0.3 is 0 Å². The van der Waals surface area contributed by atoms with E-state index in [0.717, 1.165) is 49.8 Å². The number of nitrogens with zero attached hydrogens (tertiary/aromatic N) is 3. The zero-order chi connectivity index (χ0) is 15.2. The molecule has 114 valence electrons. The maximum Gasteiger partial charge on any atom is 0.252 e. The van der Waals surface area contributed by atoms with Crippen molar-refractivity contribution in [1.29, 1.82) is 5.26 Å². The average molecular weight is 289 g/mol. The quantitative estimate of drug-likeness (QED) is 0.833. The highest BCUT2D eigenvalue weighted by Gasteiger charge is 2.25. The maximum atomic E-state index is 9.46. The van der Waals surface area contributed by atoms with E-state index in [9.17, 15) is 5.26 Å². The van der Waals surface area contributed by atoms with Crippen LogP contribution in [0, 0.1) is 11.3 Å². The van der Waals surface area contributed by atoms with E-state index < -0.39 is 0 Å². The van der Waals surface area contributed by atoms with Gasteiger partial charge in [0.25, 0.3) is 5.88 Å². The van der Waals surface area contributed by atoms with Crippen molar-refractivity contribution in [1.82, 2.24) is 10.2 Å². The molecule has 0 N–H and O–H groups in total. The van der Waals surface area contributed by atoms with Crippen LogP contribution >= 0.6 is 0 Å². The molecule has 21 heavy (non-hydrogen) atoms. The molecule has 5 heteroatoms. The van der Waals surface area contributed by atoms with Gasteiger partial charge in [0.05, 0.1) is 11.8 Å². The van der Waals surface area contributed by atoms with Crippen molar-refractivity contribution in [2.45, 2.75) is 64.6 Å². The summed E-state index contributed by atoms with van der Waals surface area (Å²) in [5.74, 6) is 0.383. The Balaban J connectivity index is 2.22. The molecule has 0 bridgehead atoms. The van der Waals surface area contributed by atoms with E-state index >= 15 is 0 Å². The molecule has 1 aromatic rings. The molecule has 0 spiro atoms. The number of hydrogen-bond acceptors (Lipinski definition) is 5. The Labute approximate surface area is 126 Å². The largest absolute Gasteiger partial charge is 0.472 e. The fourth-order valence-corrected chi connectivity index (χ4v) is 2.93. The number of methoxy groups -OCH3 is 1. The summed E-state index contributed by atoms with van der Waals surface area (Å²) in [7, 11) is 1.73. The van der Waals surface area contributed by atoms with Gasteiger partial charge in [-0.1, -0.05) is 13.8 Å². The topological polar surface area (TPSA) is 68.0 Å². The molecule has 1 saturated carbocycles. The third-order valence-corrected chi connectivity index (χ3v) is 4.12. The fraction of sp³-hybridized carbons (Fsp3) is 0.688. The van der Waals surface area contributed by atoms with Gasteiger partial charge in [0.15, 0.2) is 0 Å². The molecule has 1 aliphatic rings. The Morgan fingerprint density at radius 2 is 1.95 bits per heavy atom. The van der Waals surface area contributed by atoms with Crippen molar-refractivity contribution in [3.05, 3.63) is 16.8 Å². The molecule has 0 saturated heterocycles. The van der Waals surface area contributed by atoms with Crippen LogP contribution in [0.4, 0.5) is 0 Å². The molecule has 0 amide bonds. The molecule has 1 heterocycles. The lowest BCUT2D eigenvalue weighted by Crippen LogP contribution is -2.30. The molecular formula is C16H23N3O2. The highest BCUT2D eigenvalue weighted by Crippen LogP contribution is 2.28. The zero-order valence-corrected chi connectivity index (χ0v) is 13.1. The zero-order valence-electron chi connectivity index (χ0n) is 13.1. The van der Waals surface area contributed by atoms with Crippen molar-refractivity contribution < 1.29 is 9.47 Å². The molecule has 0 radical (unpaired) electrons. The summed E-state index contributed by atoms with van der Waals surface area (Å²) >= 11 is 0. The van der Waals surface area contributed by atoms with Crippen molar-refractivity contribution in [2.24, 2.45) is 0 Å². The summed E-state index contributed by atoms with van der Waals surface area (Å²) in [4.78, 5) is 0. The number of aromatic nitrogens is 2. The van der Waals surface area contributed by atoms with Gasteiger partial charge < -0.3 is 9.47 Å². The molecule has 0 aromatic carbocycles. The van der Waals surface area contributed by atoms with Crippen molar-refractivity contribution >= 4 is 0 Å². The molecule has 2 unspecified atom stereocenters. The molecule has 0 aliphatic heterocycles. The molecule has 1 aliphatic carbocycles. The lowest BCUT2D eigenvalue weighted by molar-refractivity contribution is 0.0190. The lowest BCUT2D eigenvalue weighted by atomic mass is 9.95. The van der Waals surface area contributed by atoms with Gasteiger partial charge in [-0.25, -0.2) is 0 Å². The van der Waals surface area contributed by atoms with Gasteiger partial charge in [-0.2, -0.15) is 10.4 Å². The van der Waals surface area contributed by atoms with Crippen LogP contribution in [-0.2, 0) is 17.6 Å². The fourth-order valence-electron chi connectivity index (χ4n) is 2.93. The van der Waals surface area contributed by atoms with E-state index in [0.29, 0.717) is 11.4 Å². The second kappa shape index (κ2) is 7.37. The minimum absolute atomic E-state index is 0.0577. The van der Waals surface area contributed by atoms with E-state index in [1.54, 1.807) is 7.11 Å². The van der Waals surface area contributed by atoms with Crippen LogP contribution in [0.1, 0.15) is 56.4 Å². The molecule has 2 atom stereocenters. The normalized spacial score (nSPS) is 21.8. The molecule has 1 aromatic heterocycles. The summed E-state index contributed by atoms with van der Waals surface area (Å²) in [6.07, 6.45) is 5.81. The van der Waals surface area contributed by atoms with Crippen LogP contribution in [0.3, 0.4) is 0 Å². The van der Waals surface area contributed by atoms with E-state index in [-0.39, 0.29) is 12.2 Å². The monoisotopic (exact) mass is 289 g/mol. The average Bonchev–Trinajstić information content (AvgIpc) is 2.54. The Morgan fingerprint density at radius 3 is 2.57 bits per heavy atom. The summed E-state index contributed by atoms with van der Waals surface area (Å²) < 4.78 is 11.4. The van der Waals surface area contributed by atoms with Gasteiger partial charge in [0.2, 0.25) is 0 Å². The van der Waals surface area contributed by atoms with Gasteiger partial charge in [0, 0.05) is 13.5 Å². The van der Waals surface area contributed by atoms with Crippen LogP contribution in [0.15, 0.2) is 0 Å². The highest BCUT2D eigenvalue weighted by atomic mass is 16.5. The van der Waals surface area contributed by atoms with Crippen LogP contribution in [0.5, 0.6) is 5.88 Å². The van der Waals surface area contributed by atoms with E-state index in [1.165, 1.54) is 0 Å². The minimum atomic E-state index is 0.0577. The summed E-state index contributed by atoms with van der Waals surface area (Å²) in [6, 6.07) is 2.25. The van der Waals surface area contributed by atoms with Gasteiger partial charge in [0.1, 0.15) is 17.7 Å². The second-order valence-electron chi connectivity index (χ2n) is 5.39. The number of ether oxygens (including phenoxy) is 2. The third kappa shape index (κ3) is 3.51. The van der Waals surface area contributed by atoms with E-state index in [2.05, 4.69) is 16.3 Å². The van der Waals surface area contributed by atoms with Crippen LogP contribution in [-0.4, -0.2) is 29.5 Å². The number of aryl methyl sites for hydroxylation is 1. The lowest BCUT2D eigenvalue weighted by Gasteiger charge is -2.28. The van der Waals surface area contributed by atoms with Crippen molar-refractivity contribution in [3.63, 3.8) is 0 Å². The SMILES string of the molecule is CCc1nnc(OC2CCCC(OC)C2)c(C#N)c1CC. The predicted octanol–water partition coefficient (Wildman–Crippen LogP) is 2.81. The first-order chi connectivity index (χ1) is 10.2. The Kier molecular flexibility index (Phi) is 5.51. The van der Waals surface area contributed by atoms with Gasteiger partial charge in [-0.15, -0.1) is 5.10 Å². The third-order valence-electron chi connectivity index (χ3n) is 4.12. The molecular weight excluding hydrogens is 266 g/mol. The summed E-state index contributed by atoms with van der Waals surface area (Å²) in [5, 5.41) is 17.8. The maximum absolute atomic E-state index is 9.46.